The summed E-state index contributed by atoms with van der Waals surface area (Å²) < 4.78 is 126. The van der Waals surface area contributed by atoms with Crippen molar-refractivity contribution in [3.05, 3.63) is 108 Å². The molecule has 210 valence electrons. The summed E-state index contributed by atoms with van der Waals surface area (Å²) in [6.07, 6.45) is -12.7. The van der Waals surface area contributed by atoms with Gasteiger partial charge in [0.05, 0.1) is 0 Å². The van der Waals surface area contributed by atoms with Crippen molar-refractivity contribution in [2.24, 2.45) is 0 Å². The monoisotopic (exact) mass is 568 g/mol. The maximum atomic E-state index is 15.2. The minimum Gasteiger partial charge on any atom is -0.457 e. The van der Waals surface area contributed by atoms with Gasteiger partial charge in [-0.05, 0) is 83.9 Å². The van der Waals surface area contributed by atoms with Crippen LogP contribution in [0.3, 0.4) is 0 Å². The van der Waals surface area contributed by atoms with Crippen molar-refractivity contribution in [2.75, 3.05) is 11.5 Å². The fourth-order valence-electron chi connectivity index (χ4n) is 4.14. The van der Waals surface area contributed by atoms with Gasteiger partial charge in [-0.3, -0.25) is 0 Å². The molecule has 0 radical (unpaired) electrons. The number of hydrogen-bond acceptors (Lipinski definition) is 4. The average molecular weight is 568 g/mol. The lowest BCUT2D eigenvalue weighted by Crippen LogP contribution is -2.62. The van der Waals surface area contributed by atoms with Crippen molar-refractivity contribution >= 4 is 11.4 Å². The zero-order valence-electron chi connectivity index (χ0n) is 20.2. The first kappa shape index (κ1) is 28.5. The summed E-state index contributed by atoms with van der Waals surface area (Å²) in [6, 6.07) is 17.3. The Labute approximate surface area is 222 Å². The Kier molecular flexibility index (Phi) is 7.31. The fraction of sp³-hybridized carbons (Fsp3) is 0.143. The van der Waals surface area contributed by atoms with E-state index in [9.17, 15) is 26.3 Å². The summed E-state index contributed by atoms with van der Waals surface area (Å²) in [6.45, 7) is 0. The molecule has 12 heteroatoms. The molecule has 0 saturated carbocycles. The highest BCUT2D eigenvalue weighted by molar-refractivity contribution is 5.50. The molecule has 0 bridgehead atoms. The van der Waals surface area contributed by atoms with E-state index in [-0.39, 0.29) is 23.0 Å². The lowest BCUT2D eigenvalue weighted by atomic mass is 9.68. The van der Waals surface area contributed by atoms with E-state index in [2.05, 4.69) is 0 Å². The number of nitrogen functional groups attached to an aromatic ring is 2. The first-order valence-corrected chi connectivity index (χ1v) is 11.4. The quantitative estimate of drug-likeness (QED) is 0.173. The second kappa shape index (κ2) is 10.2. The van der Waals surface area contributed by atoms with Crippen molar-refractivity contribution in [2.45, 2.75) is 23.7 Å². The van der Waals surface area contributed by atoms with Gasteiger partial charge in [0.2, 0.25) is 0 Å². The Morgan fingerprint density at radius 2 is 0.675 bits per heavy atom. The molecule has 0 aliphatic rings. The fourth-order valence-corrected chi connectivity index (χ4v) is 4.14. The molecule has 4 rings (SSSR count). The maximum absolute atomic E-state index is 15.2. The van der Waals surface area contributed by atoms with E-state index in [0.29, 0.717) is 35.6 Å². The third kappa shape index (κ3) is 5.21. The van der Waals surface area contributed by atoms with Gasteiger partial charge in [0.15, 0.2) is 5.41 Å². The Morgan fingerprint density at radius 3 is 0.925 bits per heavy atom. The zero-order chi connectivity index (χ0) is 29.3. The second-order valence-electron chi connectivity index (χ2n) is 8.71. The number of alkyl halides is 8. The van der Waals surface area contributed by atoms with Crippen molar-refractivity contribution in [1.29, 1.82) is 0 Å². The summed E-state index contributed by atoms with van der Waals surface area (Å²) >= 11 is 0. The van der Waals surface area contributed by atoms with Crippen LogP contribution in [-0.2, 0) is 5.41 Å². The summed E-state index contributed by atoms with van der Waals surface area (Å²) in [5.74, 6) is -6.07. The number of nitrogens with two attached hydrogens (primary N) is 2. The Hall–Kier alpha value is -4.48. The van der Waals surface area contributed by atoms with Gasteiger partial charge in [-0.15, -0.1) is 0 Å². The number of ether oxygens (including phenoxy) is 2. The van der Waals surface area contributed by atoms with Gasteiger partial charge in [-0.25, -0.2) is 0 Å². The molecular formula is C28H20F8N2O2. The molecule has 40 heavy (non-hydrogen) atoms. The Balaban J connectivity index is 1.81. The van der Waals surface area contributed by atoms with E-state index in [1.165, 1.54) is 48.5 Å². The van der Waals surface area contributed by atoms with Crippen LogP contribution in [0.1, 0.15) is 11.1 Å². The number of rotatable bonds is 7. The molecule has 0 saturated heterocycles. The Bertz CT molecular complexity index is 1340. The highest BCUT2D eigenvalue weighted by atomic mass is 19.4. The second-order valence-corrected chi connectivity index (χ2v) is 8.71. The van der Waals surface area contributed by atoms with E-state index in [1.54, 1.807) is 0 Å². The average Bonchev–Trinajstić information content (AvgIpc) is 2.87. The van der Waals surface area contributed by atoms with Crippen LogP contribution in [0.15, 0.2) is 97.1 Å². The normalized spacial score (nSPS) is 12.7. The largest absolute Gasteiger partial charge is 0.457 e. The SMILES string of the molecule is Nc1ccc(Oc2ccc(C(c3ccc(Oc4ccc(N)cc4)cc3)(C(F)(F)F)C(F)(F)C(F)(F)F)cc2)cc1. The van der Waals surface area contributed by atoms with Crippen LogP contribution >= 0.6 is 0 Å². The topological polar surface area (TPSA) is 70.5 Å². The first-order chi connectivity index (χ1) is 18.6. The predicted octanol–water partition coefficient (Wildman–Crippen LogP) is 8.48. The number of hydrogen-bond donors (Lipinski definition) is 2. The van der Waals surface area contributed by atoms with Crippen LogP contribution in [0, 0.1) is 0 Å². The van der Waals surface area contributed by atoms with Crippen LogP contribution in [0.4, 0.5) is 46.5 Å². The van der Waals surface area contributed by atoms with Gasteiger partial charge in [-0.1, -0.05) is 24.3 Å². The van der Waals surface area contributed by atoms with Crippen molar-refractivity contribution in [3.63, 3.8) is 0 Å². The van der Waals surface area contributed by atoms with Crippen LogP contribution in [0.2, 0.25) is 0 Å². The van der Waals surface area contributed by atoms with Crippen LogP contribution in [0.25, 0.3) is 0 Å². The summed E-state index contributed by atoms with van der Waals surface area (Å²) in [7, 11) is 0. The van der Waals surface area contributed by atoms with E-state index < -0.39 is 34.8 Å². The highest BCUT2D eigenvalue weighted by Gasteiger charge is 2.80. The number of halogens is 8. The molecule has 0 heterocycles. The van der Waals surface area contributed by atoms with E-state index >= 15 is 8.78 Å². The summed E-state index contributed by atoms with van der Waals surface area (Å²) in [5, 5.41) is 0. The molecule has 0 amide bonds. The molecule has 0 aliphatic carbocycles. The van der Waals surface area contributed by atoms with Crippen molar-refractivity contribution < 1.29 is 44.6 Å². The van der Waals surface area contributed by atoms with Crippen molar-refractivity contribution in [3.8, 4) is 23.0 Å². The molecule has 0 aromatic heterocycles. The first-order valence-electron chi connectivity index (χ1n) is 11.4. The molecule has 4 aromatic rings. The molecule has 0 atom stereocenters. The van der Waals surface area contributed by atoms with Crippen LogP contribution in [-0.4, -0.2) is 18.3 Å². The maximum Gasteiger partial charge on any atom is 0.454 e. The Morgan fingerprint density at radius 1 is 0.400 bits per heavy atom. The molecule has 4 aromatic carbocycles. The van der Waals surface area contributed by atoms with Gasteiger partial charge >= 0.3 is 18.3 Å². The van der Waals surface area contributed by atoms with Crippen LogP contribution in [0.5, 0.6) is 23.0 Å². The molecule has 4 nitrogen and oxygen atoms in total. The molecule has 0 fully saturated rings. The van der Waals surface area contributed by atoms with E-state index in [0.717, 1.165) is 24.3 Å². The molecular weight excluding hydrogens is 548 g/mol. The molecule has 0 unspecified atom stereocenters. The van der Waals surface area contributed by atoms with E-state index in [1.807, 2.05) is 0 Å². The number of anilines is 2. The zero-order valence-corrected chi connectivity index (χ0v) is 20.2. The van der Waals surface area contributed by atoms with Crippen LogP contribution < -0.4 is 20.9 Å². The molecule has 4 N–H and O–H groups in total. The lowest BCUT2D eigenvalue weighted by molar-refractivity contribution is -0.348. The van der Waals surface area contributed by atoms with Gasteiger partial charge in [-0.2, -0.15) is 35.1 Å². The van der Waals surface area contributed by atoms with Gasteiger partial charge in [0, 0.05) is 11.4 Å². The summed E-state index contributed by atoms with van der Waals surface area (Å²) in [5.41, 5.74) is 4.45. The smallest absolute Gasteiger partial charge is 0.454 e. The number of benzene rings is 4. The summed E-state index contributed by atoms with van der Waals surface area (Å²) in [4.78, 5) is 0. The molecule has 0 spiro atoms. The van der Waals surface area contributed by atoms with Gasteiger partial charge in [0.1, 0.15) is 23.0 Å². The van der Waals surface area contributed by atoms with Crippen molar-refractivity contribution in [1.82, 2.24) is 0 Å². The van der Waals surface area contributed by atoms with Gasteiger partial charge < -0.3 is 20.9 Å². The van der Waals surface area contributed by atoms with E-state index in [4.69, 9.17) is 20.9 Å². The third-order valence-electron chi connectivity index (χ3n) is 6.06. The highest BCUT2D eigenvalue weighted by Crippen LogP contribution is 2.60. The van der Waals surface area contributed by atoms with Gasteiger partial charge in [0.25, 0.3) is 0 Å². The minimum absolute atomic E-state index is 0.104. The lowest BCUT2D eigenvalue weighted by Gasteiger charge is -2.43. The third-order valence-corrected chi connectivity index (χ3v) is 6.06. The molecule has 0 aliphatic heterocycles. The predicted molar refractivity (Wildman–Crippen MR) is 133 cm³/mol. The standard InChI is InChI=1S/C28H20F8N2O2/c29-26(30,28(34,35)36)25(27(31,32)33,17-1-9-21(10-2-17)39-23-13-5-19(37)6-14-23)18-3-11-22(12-4-18)40-24-15-7-20(38)8-16-24/h1-16H,37-38H2. The minimum atomic E-state index is -6.57.